The summed E-state index contributed by atoms with van der Waals surface area (Å²) in [5.74, 6) is 1.77. The van der Waals surface area contributed by atoms with Gasteiger partial charge in [0.2, 0.25) is 0 Å². The second kappa shape index (κ2) is 11.3. The average Bonchev–Trinajstić information content (AvgIpc) is 2.65. The van der Waals surface area contributed by atoms with Crippen LogP contribution < -0.4 is 0 Å². The van der Waals surface area contributed by atoms with Crippen LogP contribution >= 0.6 is 0 Å². The first kappa shape index (κ1) is 20.0. The first-order chi connectivity index (χ1) is 12.2. The highest BCUT2D eigenvalue weighted by Crippen LogP contribution is 2.34. The van der Waals surface area contributed by atoms with E-state index in [4.69, 9.17) is 10.00 Å². The predicted octanol–water partition coefficient (Wildman–Crippen LogP) is 5.94. The van der Waals surface area contributed by atoms with Gasteiger partial charge in [0.05, 0.1) is 12.0 Å². The van der Waals surface area contributed by atoms with E-state index in [9.17, 15) is 4.79 Å². The Morgan fingerprint density at radius 2 is 1.68 bits per heavy atom. The summed E-state index contributed by atoms with van der Waals surface area (Å²) >= 11 is 0. The molecule has 0 N–H and O–H groups in total. The molecule has 3 heteroatoms. The Labute approximate surface area is 153 Å². The highest BCUT2D eigenvalue weighted by Gasteiger charge is 2.30. The van der Waals surface area contributed by atoms with Crippen molar-refractivity contribution in [3.8, 4) is 6.07 Å². The molecule has 2 aliphatic carbocycles. The molecule has 0 heterocycles. The summed E-state index contributed by atoms with van der Waals surface area (Å²) in [6.07, 6.45) is 18.6. The Kier molecular flexibility index (Phi) is 9.08. The van der Waals surface area contributed by atoms with Gasteiger partial charge in [0.1, 0.15) is 6.10 Å². The van der Waals surface area contributed by atoms with Crippen molar-refractivity contribution in [2.75, 3.05) is 0 Å². The molecule has 140 valence electrons. The summed E-state index contributed by atoms with van der Waals surface area (Å²) in [5, 5.41) is 8.50. The van der Waals surface area contributed by atoms with Crippen LogP contribution in [0.2, 0.25) is 0 Å². The number of nitriles is 1. The van der Waals surface area contributed by atoms with Crippen LogP contribution in [-0.2, 0) is 9.53 Å². The van der Waals surface area contributed by atoms with E-state index in [2.05, 4.69) is 6.92 Å². The second-order valence-electron chi connectivity index (χ2n) is 8.05. The van der Waals surface area contributed by atoms with E-state index >= 15 is 0 Å². The lowest BCUT2D eigenvalue weighted by atomic mass is 9.80. The number of unbranched alkanes of at least 4 members (excludes halogenated alkanes) is 1. The van der Waals surface area contributed by atoms with Gasteiger partial charge in [-0.05, 0) is 76.0 Å². The second-order valence-corrected chi connectivity index (χ2v) is 8.05. The van der Waals surface area contributed by atoms with E-state index in [1.165, 1.54) is 32.1 Å². The molecule has 0 aromatic heterocycles. The van der Waals surface area contributed by atoms with Crippen molar-refractivity contribution in [3.63, 3.8) is 0 Å². The number of ether oxygens (including phenoxy) is 1. The smallest absolute Gasteiger partial charge is 0.309 e. The van der Waals surface area contributed by atoms with Crippen molar-refractivity contribution in [2.24, 2.45) is 17.8 Å². The van der Waals surface area contributed by atoms with Crippen molar-refractivity contribution in [1.82, 2.24) is 0 Å². The van der Waals surface area contributed by atoms with Crippen molar-refractivity contribution >= 4 is 5.97 Å². The molecule has 0 unspecified atom stereocenters. The molecule has 0 amide bonds. The zero-order valence-electron chi connectivity index (χ0n) is 15.9. The van der Waals surface area contributed by atoms with Crippen molar-refractivity contribution < 1.29 is 9.53 Å². The Balaban J connectivity index is 1.61. The molecule has 3 nitrogen and oxygen atoms in total. The zero-order chi connectivity index (χ0) is 17.9. The lowest BCUT2D eigenvalue weighted by molar-refractivity contribution is -0.157. The van der Waals surface area contributed by atoms with E-state index in [0.717, 1.165) is 57.3 Å². The van der Waals surface area contributed by atoms with Crippen molar-refractivity contribution in [3.05, 3.63) is 12.2 Å². The molecule has 0 spiro atoms. The third-order valence-corrected chi connectivity index (χ3v) is 6.16. The van der Waals surface area contributed by atoms with E-state index in [1.807, 2.05) is 12.1 Å². The fraction of sp³-hybridized carbons (Fsp3) is 0.818. The van der Waals surface area contributed by atoms with Crippen LogP contribution in [-0.4, -0.2) is 12.1 Å². The molecule has 0 aromatic rings. The molecule has 2 fully saturated rings. The molecule has 2 rings (SSSR count). The maximum absolute atomic E-state index is 12.5. The highest BCUT2D eigenvalue weighted by atomic mass is 16.5. The molecule has 0 radical (unpaired) electrons. The quantitative estimate of drug-likeness (QED) is 0.404. The zero-order valence-corrected chi connectivity index (χ0v) is 15.9. The lowest BCUT2D eigenvalue weighted by Gasteiger charge is -2.31. The number of esters is 1. The van der Waals surface area contributed by atoms with E-state index in [-0.39, 0.29) is 18.0 Å². The highest BCUT2D eigenvalue weighted by molar-refractivity contribution is 5.72. The minimum Gasteiger partial charge on any atom is -0.462 e. The Bertz CT molecular complexity index is 449. The number of rotatable bonds is 8. The molecule has 0 bridgehead atoms. The van der Waals surface area contributed by atoms with Gasteiger partial charge in [-0.2, -0.15) is 5.26 Å². The van der Waals surface area contributed by atoms with Gasteiger partial charge in [-0.3, -0.25) is 4.79 Å². The maximum Gasteiger partial charge on any atom is 0.309 e. The van der Waals surface area contributed by atoms with Gasteiger partial charge in [0, 0.05) is 6.08 Å². The van der Waals surface area contributed by atoms with Crippen LogP contribution in [0.3, 0.4) is 0 Å². The fourth-order valence-corrected chi connectivity index (χ4v) is 4.45. The monoisotopic (exact) mass is 345 g/mol. The largest absolute Gasteiger partial charge is 0.462 e. The minimum atomic E-state index is 0.0693. The first-order valence-electron chi connectivity index (χ1n) is 10.5. The van der Waals surface area contributed by atoms with Crippen LogP contribution in [0.25, 0.3) is 0 Å². The lowest BCUT2D eigenvalue weighted by Crippen LogP contribution is -2.30. The third-order valence-electron chi connectivity index (χ3n) is 6.16. The molecule has 25 heavy (non-hydrogen) atoms. The van der Waals surface area contributed by atoms with Gasteiger partial charge in [0.25, 0.3) is 0 Å². The van der Waals surface area contributed by atoms with Gasteiger partial charge in [-0.15, -0.1) is 0 Å². The van der Waals surface area contributed by atoms with E-state index < -0.39 is 0 Å². The minimum absolute atomic E-state index is 0.0693. The average molecular weight is 346 g/mol. The molecule has 0 aliphatic heterocycles. The predicted molar refractivity (Wildman–Crippen MR) is 101 cm³/mol. The van der Waals surface area contributed by atoms with Crippen molar-refractivity contribution in [1.29, 1.82) is 5.26 Å². The number of nitrogens with zero attached hydrogens (tertiary/aromatic N) is 1. The Hall–Kier alpha value is -1.30. The molecule has 0 atom stereocenters. The van der Waals surface area contributed by atoms with Gasteiger partial charge in [-0.25, -0.2) is 0 Å². The number of hydrogen-bond acceptors (Lipinski definition) is 3. The van der Waals surface area contributed by atoms with E-state index in [1.54, 1.807) is 6.08 Å². The summed E-state index contributed by atoms with van der Waals surface area (Å²) in [6.45, 7) is 2.26. The fourth-order valence-electron chi connectivity index (χ4n) is 4.45. The molecular weight excluding hydrogens is 310 g/mol. The SMILES string of the molecule is CCCCC1CCC(OC(=O)C2CCC(CCC=CC#N)CC2)CC1. The van der Waals surface area contributed by atoms with Gasteiger partial charge >= 0.3 is 5.97 Å². The van der Waals surface area contributed by atoms with Crippen LogP contribution in [0.15, 0.2) is 12.2 Å². The summed E-state index contributed by atoms with van der Waals surface area (Å²) in [5.41, 5.74) is 0. The van der Waals surface area contributed by atoms with Crippen molar-refractivity contribution in [2.45, 2.75) is 96.5 Å². The number of carbonyl (C=O) groups is 1. The molecule has 2 aliphatic rings. The van der Waals surface area contributed by atoms with Gasteiger partial charge < -0.3 is 4.74 Å². The number of carbonyl (C=O) groups excluding carboxylic acids is 1. The topological polar surface area (TPSA) is 50.1 Å². The number of allylic oxidation sites excluding steroid dienone is 2. The number of hydrogen-bond donors (Lipinski definition) is 0. The van der Waals surface area contributed by atoms with Crippen LogP contribution in [0.4, 0.5) is 0 Å². The molecule has 0 saturated heterocycles. The van der Waals surface area contributed by atoms with Crippen LogP contribution in [0, 0.1) is 29.1 Å². The van der Waals surface area contributed by atoms with E-state index in [0.29, 0.717) is 5.92 Å². The Morgan fingerprint density at radius 1 is 1.04 bits per heavy atom. The van der Waals surface area contributed by atoms with Gasteiger partial charge in [0.15, 0.2) is 0 Å². The summed E-state index contributed by atoms with van der Waals surface area (Å²) in [7, 11) is 0. The molecular formula is C22H35NO2. The maximum atomic E-state index is 12.5. The first-order valence-corrected chi connectivity index (χ1v) is 10.5. The Morgan fingerprint density at radius 3 is 2.32 bits per heavy atom. The van der Waals surface area contributed by atoms with Gasteiger partial charge in [-0.1, -0.05) is 32.3 Å². The van der Waals surface area contributed by atoms with Crippen LogP contribution in [0.1, 0.15) is 90.4 Å². The third kappa shape index (κ3) is 7.22. The molecule has 0 aromatic carbocycles. The summed E-state index contributed by atoms with van der Waals surface area (Å²) in [4.78, 5) is 12.5. The normalized spacial score (nSPS) is 30.1. The van der Waals surface area contributed by atoms with Crippen LogP contribution in [0.5, 0.6) is 0 Å². The summed E-state index contributed by atoms with van der Waals surface area (Å²) in [6, 6.07) is 2.04. The standard InChI is InChI=1S/C22H35NO2/c1-2-3-7-18-11-15-21(16-12-18)25-22(24)20-13-9-19(10-14-20)8-5-4-6-17-23/h4,6,18-21H,2-3,5,7-16H2,1H3. The summed E-state index contributed by atoms with van der Waals surface area (Å²) < 4.78 is 5.85. The molecule has 2 saturated carbocycles.